The van der Waals surface area contributed by atoms with Crippen LogP contribution in [0.3, 0.4) is 0 Å². The third-order valence-corrected chi connectivity index (χ3v) is 6.80. The van der Waals surface area contributed by atoms with E-state index in [1.165, 1.54) is 11.3 Å². The van der Waals surface area contributed by atoms with Crippen molar-refractivity contribution in [2.75, 3.05) is 0 Å². The van der Waals surface area contributed by atoms with Crippen LogP contribution in [0.1, 0.15) is 17.0 Å². The van der Waals surface area contributed by atoms with Crippen LogP contribution in [-0.2, 0) is 24.3 Å². The van der Waals surface area contributed by atoms with E-state index in [2.05, 4.69) is 16.0 Å². The number of halogens is 1. The van der Waals surface area contributed by atoms with Crippen molar-refractivity contribution in [1.29, 1.82) is 0 Å². The van der Waals surface area contributed by atoms with Gasteiger partial charge in [-0.2, -0.15) is 0 Å². The summed E-state index contributed by atoms with van der Waals surface area (Å²) in [5.41, 5.74) is 9.52. The highest BCUT2D eigenvalue weighted by molar-refractivity contribution is 7.17. The Hall–Kier alpha value is -3.00. The van der Waals surface area contributed by atoms with E-state index in [4.69, 9.17) is 17.3 Å². The molecule has 0 fully saturated rings. The number of aromatic amines is 1. The van der Waals surface area contributed by atoms with E-state index >= 15 is 0 Å². The van der Waals surface area contributed by atoms with Gasteiger partial charge in [0.1, 0.15) is 10.7 Å². The zero-order valence-electron chi connectivity index (χ0n) is 16.5. The van der Waals surface area contributed by atoms with E-state index in [9.17, 15) is 9.59 Å². The molecule has 1 atom stereocenters. The summed E-state index contributed by atoms with van der Waals surface area (Å²) in [6.45, 7) is 0.910. The van der Waals surface area contributed by atoms with Crippen molar-refractivity contribution in [3.05, 3.63) is 86.2 Å². The Balaban J connectivity index is 1.49. The number of primary amides is 1. The predicted octanol–water partition coefficient (Wildman–Crippen LogP) is 3.72. The fraction of sp³-hybridized carbons (Fsp3) is 0.174. The third-order valence-electron chi connectivity index (χ3n) is 5.68. The average molecular weight is 451 g/mol. The summed E-state index contributed by atoms with van der Waals surface area (Å²) < 4.78 is 0. The summed E-state index contributed by atoms with van der Waals surface area (Å²) in [5.74, 6) is 0.145. The number of aromatic nitrogens is 2. The number of nitrogens with zero attached hydrogens (tertiary/aromatic N) is 2. The van der Waals surface area contributed by atoms with Gasteiger partial charge >= 0.3 is 0 Å². The van der Waals surface area contributed by atoms with Crippen LogP contribution >= 0.6 is 22.9 Å². The number of H-pyrrole nitrogens is 1. The van der Waals surface area contributed by atoms with Crippen molar-refractivity contribution in [2.24, 2.45) is 5.73 Å². The maximum atomic E-state index is 13.0. The monoisotopic (exact) mass is 450 g/mol. The Kier molecular flexibility index (Phi) is 5.09. The number of carbonyl (C=O) groups excluding carboxylic acids is 1. The first kappa shape index (κ1) is 19.9. The molecule has 0 spiro atoms. The quantitative estimate of drug-likeness (QED) is 0.495. The molecule has 1 aliphatic rings. The highest BCUT2D eigenvalue weighted by Gasteiger charge is 2.30. The second-order valence-corrected chi connectivity index (χ2v) is 8.94. The Labute approximate surface area is 187 Å². The standard InChI is InChI=1S/C23H19ClN4O2S/c24-16-7-5-13(6-8-16)17-12-31-23-20(17)22(30)26-19(27-23)11-28-10-15-4-2-1-3-14(15)9-18(28)21(25)29/h1-8,12,18H,9-11H2,(H2,25,29)(H,26,27,30). The Bertz CT molecular complexity index is 1350. The molecule has 31 heavy (non-hydrogen) atoms. The topological polar surface area (TPSA) is 92.1 Å². The molecule has 2 aromatic heterocycles. The number of fused-ring (bicyclic) bond motifs is 2. The van der Waals surface area contributed by atoms with Gasteiger partial charge in [-0.15, -0.1) is 11.3 Å². The molecule has 3 N–H and O–H groups in total. The Morgan fingerprint density at radius 1 is 1.19 bits per heavy atom. The molecule has 1 unspecified atom stereocenters. The van der Waals surface area contributed by atoms with Crippen LogP contribution in [0, 0.1) is 0 Å². The molecule has 4 aromatic rings. The molecule has 6 nitrogen and oxygen atoms in total. The number of nitrogens with one attached hydrogen (secondary N) is 1. The highest BCUT2D eigenvalue weighted by atomic mass is 35.5. The van der Waals surface area contributed by atoms with Gasteiger partial charge < -0.3 is 10.7 Å². The molecule has 156 valence electrons. The molecule has 0 saturated heterocycles. The zero-order chi connectivity index (χ0) is 21.5. The molecule has 5 rings (SSSR count). The van der Waals surface area contributed by atoms with Crippen molar-refractivity contribution in [1.82, 2.24) is 14.9 Å². The summed E-state index contributed by atoms with van der Waals surface area (Å²) >= 11 is 7.41. The minimum absolute atomic E-state index is 0.195. The third kappa shape index (κ3) is 3.76. The molecule has 0 aliphatic carbocycles. The van der Waals surface area contributed by atoms with Gasteiger partial charge in [-0.05, 0) is 35.2 Å². The zero-order valence-corrected chi connectivity index (χ0v) is 18.0. The van der Waals surface area contributed by atoms with E-state index in [-0.39, 0.29) is 11.5 Å². The van der Waals surface area contributed by atoms with Crippen LogP contribution in [0.25, 0.3) is 21.3 Å². The summed E-state index contributed by atoms with van der Waals surface area (Å²) in [6.07, 6.45) is 0.553. The van der Waals surface area contributed by atoms with E-state index in [1.54, 1.807) is 12.1 Å². The summed E-state index contributed by atoms with van der Waals surface area (Å²) in [6, 6.07) is 15.0. The second-order valence-electron chi connectivity index (χ2n) is 7.65. The number of benzene rings is 2. The van der Waals surface area contributed by atoms with Crippen LogP contribution in [-0.4, -0.2) is 26.8 Å². The van der Waals surface area contributed by atoms with E-state index < -0.39 is 6.04 Å². The molecule has 1 aliphatic heterocycles. The van der Waals surface area contributed by atoms with Gasteiger partial charge in [-0.1, -0.05) is 48.0 Å². The molecule has 1 amide bonds. The van der Waals surface area contributed by atoms with Crippen molar-refractivity contribution in [3.63, 3.8) is 0 Å². The van der Waals surface area contributed by atoms with Crippen LogP contribution in [0.4, 0.5) is 0 Å². The van der Waals surface area contributed by atoms with Gasteiger partial charge in [0.25, 0.3) is 5.56 Å². The lowest BCUT2D eigenvalue weighted by Gasteiger charge is -2.34. The van der Waals surface area contributed by atoms with Crippen molar-refractivity contribution in [2.45, 2.75) is 25.6 Å². The summed E-state index contributed by atoms with van der Waals surface area (Å²) in [4.78, 5) is 35.3. The Morgan fingerprint density at radius 2 is 1.94 bits per heavy atom. The smallest absolute Gasteiger partial charge is 0.260 e. The lowest BCUT2D eigenvalue weighted by molar-refractivity contribution is -0.124. The van der Waals surface area contributed by atoms with Crippen molar-refractivity contribution in [3.8, 4) is 11.1 Å². The number of rotatable bonds is 4. The van der Waals surface area contributed by atoms with Crippen LogP contribution in [0.2, 0.25) is 5.02 Å². The van der Waals surface area contributed by atoms with E-state index in [0.717, 1.165) is 22.3 Å². The SMILES string of the molecule is NC(=O)C1Cc2ccccc2CN1Cc1nc2scc(-c3ccc(Cl)cc3)c2c(=O)[nH]1. The fourth-order valence-corrected chi connectivity index (χ4v) is 5.22. The second kappa shape index (κ2) is 7.92. The van der Waals surface area contributed by atoms with Gasteiger partial charge in [0.05, 0.1) is 18.0 Å². The number of amides is 1. The largest absolute Gasteiger partial charge is 0.368 e. The minimum Gasteiger partial charge on any atom is -0.368 e. The fourth-order valence-electron chi connectivity index (χ4n) is 4.13. The normalized spacial score (nSPS) is 16.4. The minimum atomic E-state index is -0.441. The van der Waals surface area contributed by atoms with E-state index in [1.807, 2.05) is 40.6 Å². The molecule has 0 radical (unpaired) electrons. The molecular weight excluding hydrogens is 432 g/mol. The molecular formula is C23H19ClN4O2S. The maximum Gasteiger partial charge on any atom is 0.260 e. The van der Waals surface area contributed by atoms with Gasteiger partial charge in [-0.3, -0.25) is 14.5 Å². The number of nitrogens with two attached hydrogens (primary N) is 1. The number of hydrogen-bond acceptors (Lipinski definition) is 5. The van der Waals surface area contributed by atoms with Crippen molar-refractivity contribution >= 4 is 39.1 Å². The number of hydrogen-bond donors (Lipinski definition) is 2. The average Bonchev–Trinajstić information content (AvgIpc) is 3.18. The molecule has 0 bridgehead atoms. The first-order valence-corrected chi connectivity index (χ1v) is 11.1. The first-order valence-electron chi connectivity index (χ1n) is 9.86. The number of thiophene rings is 1. The summed E-state index contributed by atoms with van der Waals surface area (Å²) in [5, 5.41) is 3.14. The molecule has 3 heterocycles. The number of carbonyl (C=O) groups is 1. The van der Waals surface area contributed by atoms with Crippen LogP contribution in [0.5, 0.6) is 0 Å². The maximum absolute atomic E-state index is 13.0. The first-order chi connectivity index (χ1) is 15.0. The van der Waals surface area contributed by atoms with Crippen LogP contribution < -0.4 is 11.3 Å². The van der Waals surface area contributed by atoms with Gasteiger partial charge in [0, 0.05) is 22.5 Å². The Morgan fingerprint density at radius 3 is 2.68 bits per heavy atom. The molecule has 0 saturated carbocycles. The molecule has 2 aromatic carbocycles. The lowest BCUT2D eigenvalue weighted by atomic mass is 9.93. The molecule has 8 heteroatoms. The summed E-state index contributed by atoms with van der Waals surface area (Å²) in [7, 11) is 0. The lowest BCUT2D eigenvalue weighted by Crippen LogP contribution is -2.48. The highest BCUT2D eigenvalue weighted by Crippen LogP contribution is 2.32. The van der Waals surface area contributed by atoms with Gasteiger partial charge in [-0.25, -0.2) is 4.98 Å². The van der Waals surface area contributed by atoms with Crippen LogP contribution in [0.15, 0.2) is 58.7 Å². The predicted molar refractivity (Wildman–Crippen MR) is 123 cm³/mol. The van der Waals surface area contributed by atoms with Gasteiger partial charge in [0.15, 0.2) is 0 Å². The van der Waals surface area contributed by atoms with Gasteiger partial charge in [0.2, 0.25) is 5.91 Å². The van der Waals surface area contributed by atoms with E-state index in [0.29, 0.717) is 40.6 Å². The van der Waals surface area contributed by atoms with Crippen molar-refractivity contribution < 1.29 is 4.79 Å².